The number of nitrogens with zero attached hydrogens (tertiary/aromatic N) is 5. The van der Waals surface area contributed by atoms with Crippen LogP contribution in [0.2, 0.25) is 0 Å². The number of hydrogen-bond donors (Lipinski definition) is 0. The third-order valence-corrected chi connectivity index (χ3v) is 5.21. The Morgan fingerprint density at radius 2 is 1.76 bits per heavy atom. The van der Waals surface area contributed by atoms with Crippen molar-refractivity contribution in [3.63, 3.8) is 0 Å². The van der Waals surface area contributed by atoms with Crippen LogP contribution in [0.3, 0.4) is 0 Å². The van der Waals surface area contributed by atoms with Crippen LogP contribution in [0.15, 0.2) is 77.9 Å². The number of aryl methyl sites for hydroxylation is 3. The third-order valence-electron chi connectivity index (χ3n) is 5.21. The number of pyridine rings is 1. The second-order valence-corrected chi connectivity index (χ2v) is 7.03. The van der Waals surface area contributed by atoms with Gasteiger partial charge < -0.3 is 0 Å². The largest absolute Gasteiger partial charge is 0.275 e. The highest BCUT2D eigenvalue weighted by atomic mass is 16.1. The first kappa shape index (κ1) is 17.3. The van der Waals surface area contributed by atoms with E-state index in [1.165, 1.54) is 4.68 Å². The quantitative estimate of drug-likeness (QED) is 0.477. The zero-order valence-electron chi connectivity index (χ0n) is 16.0. The maximum Gasteiger partial charge on any atom is 0.275 e. The summed E-state index contributed by atoms with van der Waals surface area (Å²) in [6.45, 7) is 0.472. The molecule has 0 spiro atoms. The number of rotatable bonds is 4. The van der Waals surface area contributed by atoms with Crippen LogP contribution in [0.1, 0.15) is 5.69 Å². The molecular weight excluding hydrogens is 362 g/mol. The van der Waals surface area contributed by atoms with Gasteiger partial charge in [-0.25, -0.2) is 4.68 Å². The van der Waals surface area contributed by atoms with Gasteiger partial charge in [-0.3, -0.25) is 14.5 Å². The molecule has 29 heavy (non-hydrogen) atoms. The summed E-state index contributed by atoms with van der Waals surface area (Å²) in [7, 11) is 1.87. The Hall–Kier alpha value is -3.80. The van der Waals surface area contributed by atoms with Gasteiger partial charge in [-0.1, -0.05) is 42.5 Å². The molecule has 5 aromatic rings. The Morgan fingerprint density at radius 3 is 2.62 bits per heavy atom. The summed E-state index contributed by atoms with van der Waals surface area (Å²) in [5.74, 6) is 0. The van der Waals surface area contributed by atoms with Crippen molar-refractivity contribution in [2.75, 3.05) is 0 Å². The molecule has 0 aliphatic rings. The molecule has 0 N–H and O–H groups in total. The molecule has 6 nitrogen and oxygen atoms in total. The van der Waals surface area contributed by atoms with Crippen molar-refractivity contribution in [2.24, 2.45) is 7.05 Å². The molecule has 0 atom stereocenters. The maximum atomic E-state index is 13.2. The van der Waals surface area contributed by atoms with Crippen molar-refractivity contribution < 1.29 is 0 Å². The van der Waals surface area contributed by atoms with E-state index in [-0.39, 0.29) is 5.56 Å². The summed E-state index contributed by atoms with van der Waals surface area (Å²) in [6, 6.07) is 19.8. The van der Waals surface area contributed by atoms with E-state index in [0.29, 0.717) is 18.4 Å². The van der Waals surface area contributed by atoms with Gasteiger partial charge in [-0.2, -0.15) is 10.2 Å². The summed E-state index contributed by atoms with van der Waals surface area (Å²) in [5.41, 5.74) is 3.58. The highest BCUT2D eigenvalue weighted by Crippen LogP contribution is 2.25. The maximum absolute atomic E-state index is 13.2. The second-order valence-electron chi connectivity index (χ2n) is 7.03. The van der Waals surface area contributed by atoms with E-state index in [0.717, 1.165) is 33.2 Å². The highest BCUT2D eigenvalue weighted by Gasteiger charge is 2.13. The smallest absolute Gasteiger partial charge is 0.268 e. The molecule has 6 heteroatoms. The molecular formula is C23H19N5O. The summed E-state index contributed by atoms with van der Waals surface area (Å²) < 4.78 is 3.30. The molecule has 0 radical (unpaired) electrons. The fraction of sp³-hybridized carbons (Fsp3) is 0.130. The van der Waals surface area contributed by atoms with E-state index in [4.69, 9.17) is 4.98 Å². The Balaban J connectivity index is 1.53. The number of fused-ring (bicyclic) bond motifs is 2. The normalized spacial score (nSPS) is 11.3. The van der Waals surface area contributed by atoms with Crippen molar-refractivity contribution in [1.29, 1.82) is 0 Å². The standard InChI is InChI=1S/C23H19N5O/c1-27-21(11-13-24-27)19-7-4-6-17-15-25-28(23(29)22(17)19)14-12-18-10-9-16-5-2-3-8-20(16)26-18/h2-11,13,15H,12,14H2,1H3. The SMILES string of the molecule is Cn1nccc1-c1cccc2cnn(CCc3ccc4ccccc4n3)c(=O)c12. The monoisotopic (exact) mass is 381 g/mol. The average molecular weight is 381 g/mol. The zero-order valence-corrected chi connectivity index (χ0v) is 16.0. The Morgan fingerprint density at radius 1 is 0.897 bits per heavy atom. The van der Waals surface area contributed by atoms with Crippen LogP contribution in [0.25, 0.3) is 32.9 Å². The predicted molar refractivity (Wildman–Crippen MR) is 114 cm³/mol. The molecule has 0 aliphatic heterocycles. The molecule has 3 heterocycles. The van der Waals surface area contributed by atoms with Gasteiger partial charge in [0.05, 0.1) is 29.3 Å². The van der Waals surface area contributed by atoms with Crippen LogP contribution in [-0.2, 0) is 20.0 Å². The van der Waals surface area contributed by atoms with Crippen LogP contribution in [0.4, 0.5) is 0 Å². The highest BCUT2D eigenvalue weighted by molar-refractivity contribution is 5.94. The molecule has 0 aliphatic carbocycles. The molecule has 0 amide bonds. The van der Waals surface area contributed by atoms with Crippen LogP contribution in [-0.4, -0.2) is 24.5 Å². The van der Waals surface area contributed by atoms with E-state index >= 15 is 0 Å². The second kappa shape index (κ2) is 6.98. The molecule has 2 aromatic carbocycles. The molecule has 0 fully saturated rings. The molecule has 0 saturated carbocycles. The molecule has 0 unspecified atom stereocenters. The number of hydrogen-bond acceptors (Lipinski definition) is 4. The van der Waals surface area contributed by atoms with Gasteiger partial charge in [-0.15, -0.1) is 0 Å². The minimum absolute atomic E-state index is 0.0971. The number of para-hydroxylation sites is 1. The van der Waals surface area contributed by atoms with Gasteiger partial charge in [0.1, 0.15) is 0 Å². The van der Waals surface area contributed by atoms with E-state index in [1.54, 1.807) is 17.1 Å². The molecule has 0 saturated heterocycles. The van der Waals surface area contributed by atoms with E-state index < -0.39 is 0 Å². The minimum Gasteiger partial charge on any atom is -0.268 e. The number of aromatic nitrogens is 5. The molecule has 3 aromatic heterocycles. The molecule has 0 bridgehead atoms. The van der Waals surface area contributed by atoms with E-state index in [2.05, 4.69) is 16.3 Å². The lowest BCUT2D eigenvalue weighted by molar-refractivity contribution is 0.580. The van der Waals surface area contributed by atoms with E-state index in [1.807, 2.05) is 61.6 Å². The summed E-state index contributed by atoms with van der Waals surface area (Å²) >= 11 is 0. The predicted octanol–water partition coefficient (Wildman–Crippen LogP) is 3.59. The van der Waals surface area contributed by atoms with Crippen molar-refractivity contribution in [1.82, 2.24) is 24.5 Å². The lowest BCUT2D eigenvalue weighted by atomic mass is 10.0. The fourth-order valence-corrected chi connectivity index (χ4v) is 3.71. The van der Waals surface area contributed by atoms with Crippen molar-refractivity contribution >= 4 is 21.7 Å². The summed E-state index contributed by atoms with van der Waals surface area (Å²) in [6.07, 6.45) is 4.13. The van der Waals surface area contributed by atoms with Gasteiger partial charge in [0.25, 0.3) is 5.56 Å². The lowest BCUT2D eigenvalue weighted by Crippen LogP contribution is -2.24. The topological polar surface area (TPSA) is 65.6 Å². The van der Waals surface area contributed by atoms with Crippen molar-refractivity contribution in [3.05, 3.63) is 89.1 Å². The van der Waals surface area contributed by atoms with Crippen LogP contribution >= 0.6 is 0 Å². The van der Waals surface area contributed by atoms with Gasteiger partial charge in [0.15, 0.2) is 0 Å². The Labute approximate surface area is 167 Å². The first-order valence-electron chi connectivity index (χ1n) is 9.52. The minimum atomic E-state index is -0.0971. The zero-order chi connectivity index (χ0) is 19.8. The van der Waals surface area contributed by atoms with E-state index in [9.17, 15) is 4.79 Å². The van der Waals surface area contributed by atoms with Crippen LogP contribution < -0.4 is 5.56 Å². The lowest BCUT2D eigenvalue weighted by Gasteiger charge is -2.10. The van der Waals surface area contributed by atoms with Gasteiger partial charge >= 0.3 is 0 Å². The fourth-order valence-electron chi connectivity index (χ4n) is 3.71. The Kier molecular flexibility index (Phi) is 4.17. The molecule has 5 rings (SSSR count). The van der Waals surface area contributed by atoms with Crippen LogP contribution in [0.5, 0.6) is 0 Å². The number of benzene rings is 2. The first-order chi connectivity index (χ1) is 14.2. The van der Waals surface area contributed by atoms with Crippen LogP contribution in [0, 0.1) is 0 Å². The summed E-state index contributed by atoms with van der Waals surface area (Å²) in [5, 5.41) is 11.2. The van der Waals surface area contributed by atoms with Crippen molar-refractivity contribution in [3.8, 4) is 11.3 Å². The third kappa shape index (κ3) is 3.08. The van der Waals surface area contributed by atoms with Gasteiger partial charge in [0.2, 0.25) is 0 Å². The van der Waals surface area contributed by atoms with Gasteiger partial charge in [0, 0.05) is 41.7 Å². The van der Waals surface area contributed by atoms with Crippen molar-refractivity contribution in [2.45, 2.75) is 13.0 Å². The van der Waals surface area contributed by atoms with Gasteiger partial charge in [-0.05, 0) is 18.2 Å². The molecule has 142 valence electrons. The summed E-state index contributed by atoms with van der Waals surface area (Å²) in [4.78, 5) is 17.9. The Bertz CT molecular complexity index is 1400. The first-order valence-corrected chi connectivity index (χ1v) is 9.52. The average Bonchev–Trinajstić information content (AvgIpc) is 3.18.